The van der Waals surface area contributed by atoms with Crippen molar-refractivity contribution in [2.75, 3.05) is 0 Å². The highest BCUT2D eigenvalue weighted by atomic mass is 32.2. The van der Waals surface area contributed by atoms with Crippen molar-refractivity contribution in [3.63, 3.8) is 0 Å². The van der Waals surface area contributed by atoms with Crippen LogP contribution in [0.3, 0.4) is 0 Å². The maximum Gasteiger partial charge on any atom is 0.338 e. The maximum absolute atomic E-state index is 13.1. The van der Waals surface area contributed by atoms with E-state index in [1.807, 2.05) is 0 Å². The summed E-state index contributed by atoms with van der Waals surface area (Å²) in [4.78, 5) is 10.7. The number of carboxylic acid groups (broad SMARTS) is 1. The zero-order chi connectivity index (χ0) is 12.3. The molecule has 0 radical (unpaired) electrons. The van der Waals surface area contributed by atoms with Crippen molar-refractivity contribution in [2.45, 2.75) is 10.1 Å². The highest BCUT2D eigenvalue weighted by molar-refractivity contribution is 8.00. The highest BCUT2D eigenvalue weighted by Crippen LogP contribution is 2.24. The molecule has 0 saturated carbocycles. The molecule has 0 aliphatic carbocycles. The molecule has 0 saturated heterocycles. The third-order valence-corrected chi connectivity index (χ3v) is 3.90. The van der Waals surface area contributed by atoms with E-state index in [0.717, 1.165) is 9.90 Å². The van der Waals surface area contributed by atoms with Crippen LogP contribution in [0.2, 0.25) is 0 Å². The van der Waals surface area contributed by atoms with Gasteiger partial charge in [-0.1, -0.05) is 29.2 Å². The van der Waals surface area contributed by atoms with Gasteiger partial charge >= 0.3 is 5.97 Å². The fourth-order valence-corrected chi connectivity index (χ4v) is 2.63. The third-order valence-electron chi connectivity index (χ3n) is 1.96. The number of thioether (sulfide) groups is 1. The van der Waals surface area contributed by atoms with Gasteiger partial charge in [0.25, 0.3) is 0 Å². The molecule has 0 spiro atoms. The topological polar surface area (TPSA) is 63.1 Å². The predicted molar refractivity (Wildman–Crippen MR) is 62.8 cm³/mol. The molecule has 0 aliphatic rings. The SMILES string of the molecule is O=C(O)c1cc(CSc2nncs2)ccc1F. The van der Waals surface area contributed by atoms with Crippen LogP contribution in [-0.2, 0) is 5.75 Å². The van der Waals surface area contributed by atoms with Gasteiger partial charge < -0.3 is 5.11 Å². The normalized spacial score (nSPS) is 10.4. The number of hydrogen-bond donors (Lipinski definition) is 1. The third kappa shape index (κ3) is 3.01. The number of aromatic carboxylic acids is 1. The Morgan fingerprint density at radius 2 is 2.35 bits per heavy atom. The van der Waals surface area contributed by atoms with Gasteiger partial charge in [0.05, 0.1) is 5.56 Å². The van der Waals surface area contributed by atoms with Crippen molar-refractivity contribution in [1.29, 1.82) is 0 Å². The lowest BCUT2D eigenvalue weighted by Crippen LogP contribution is -2.01. The molecule has 88 valence electrons. The van der Waals surface area contributed by atoms with Crippen LogP contribution in [0, 0.1) is 5.82 Å². The second-order valence-corrected chi connectivity index (χ2v) is 5.17. The summed E-state index contributed by atoms with van der Waals surface area (Å²) < 4.78 is 13.9. The Bertz CT molecular complexity index is 531. The van der Waals surface area contributed by atoms with Crippen LogP contribution < -0.4 is 0 Å². The highest BCUT2D eigenvalue weighted by Gasteiger charge is 2.11. The molecule has 0 amide bonds. The smallest absolute Gasteiger partial charge is 0.338 e. The maximum atomic E-state index is 13.1. The number of rotatable bonds is 4. The molecular weight excluding hydrogens is 263 g/mol. The average Bonchev–Trinajstić information content (AvgIpc) is 2.80. The Morgan fingerprint density at radius 3 is 3.00 bits per heavy atom. The predicted octanol–water partition coefficient (Wildman–Crippen LogP) is 2.67. The number of nitrogens with zero attached hydrogens (tertiary/aromatic N) is 2. The second-order valence-electron chi connectivity index (χ2n) is 3.11. The Morgan fingerprint density at radius 1 is 1.53 bits per heavy atom. The summed E-state index contributed by atoms with van der Waals surface area (Å²) in [6.45, 7) is 0. The summed E-state index contributed by atoms with van der Waals surface area (Å²) in [7, 11) is 0. The minimum absolute atomic E-state index is 0.305. The lowest BCUT2D eigenvalue weighted by molar-refractivity contribution is 0.0692. The molecule has 1 aromatic carbocycles. The summed E-state index contributed by atoms with van der Waals surface area (Å²) >= 11 is 2.84. The number of halogens is 1. The van der Waals surface area contributed by atoms with Crippen LogP contribution in [0.15, 0.2) is 28.0 Å². The fourth-order valence-electron chi connectivity index (χ4n) is 1.20. The van der Waals surface area contributed by atoms with Crippen LogP contribution in [0.4, 0.5) is 4.39 Å². The van der Waals surface area contributed by atoms with Crippen LogP contribution in [0.1, 0.15) is 15.9 Å². The Balaban J connectivity index is 2.11. The van der Waals surface area contributed by atoms with E-state index in [1.54, 1.807) is 11.6 Å². The fraction of sp³-hybridized carbons (Fsp3) is 0.100. The zero-order valence-corrected chi connectivity index (χ0v) is 10.1. The monoisotopic (exact) mass is 270 g/mol. The summed E-state index contributed by atoms with van der Waals surface area (Å²) in [6.07, 6.45) is 0. The number of benzene rings is 1. The molecule has 0 unspecified atom stereocenters. The van der Waals surface area contributed by atoms with Crippen LogP contribution in [0.25, 0.3) is 0 Å². The van der Waals surface area contributed by atoms with Crippen molar-refractivity contribution >= 4 is 29.1 Å². The molecular formula is C10H7FN2O2S2. The molecule has 2 aromatic rings. The largest absolute Gasteiger partial charge is 0.478 e. The molecule has 2 rings (SSSR count). The summed E-state index contributed by atoms with van der Waals surface area (Å²) in [5.74, 6) is -1.44. The molecule has 1 heterocycles. The minimum atomic E-state index is -1.26. The lowest BCUT2D eigenvalue weighted by Gasteiger charge is -2.02. The van der Waals surface area contributed by atoms with Crippen molar-refractivity contribution in [3.05, 3.63) is 40.7 Å². The van der Waals surface area contributed by atoms with E-state index in [0.29, 0.717) is 5.75 Å². The van der Waals surface area contributed by atoms with Gasteiger partial charge in [-0.05, 0) is 17.7 Å². The first-order chi connectivity index (χ1) is 8.16. The van der Waals surface area contributed by atoms with Gasteiger partial charge in [-0.25, -0.2) is 9.18 Å². The number of hydrogen-bond acceptors (Lipinski definition) is 5. The molecule has 0 fully saturated rings. The van der Waals surface area contributed by atoms with E-state index in [9.17, 15) is 9.18 Å². The van der Waals surface area contributed by atoms with E-state index in [4.69, 9.17) is 5.11 Å². The van der Waals surface area contributed by atoms with Crippen LogP contribution >= 0.6 is 23.1 Å². The van der Waals surface area contributed by atoms with E-state index < -0.39 is 11.8 Å². The van der Waals surface area contributed by atoms with Gasteiger partial charge in [0.1, 0.15) is 11.3 Å². The standard InChI is InChI=1S/C10H7FN2O2S2/c11-8-2-1-6(3-7(8)9(14)15)4-16-10-13-12-5-17-10/h1-3,5H,4H2,(H,14,15). The van der Waals surface area contributed by atoms with Crippen molar-refractivity contribution < 1.29 is 14.3 Å². The molecule has 0 bridgehead atoms. The van der Waals surface area contributed by atoms with Crippen molar-refractivity contribution in [2.24, 2.45) is 0 Å². The van der Waals surface area contributed by atoms with Gasteiger partial charge in [0.2, 0.25) is 0 Å². The first-order valence-electron chi connectivity index (χ1n) is 4.57. The van der Waals surface area contributed by atoms with E-state index in [1.165, 1.54) is 35.2 Å². The van der Waals surface area contributed by atoms with Crippen molar-refractivity contribution in [3.8, 4) is 0 Å². The van der Waals surface area contributed by atoms with Gasteiger partial charge in [0.15, 0.2) is 4.34 Å². The van der Waals surface area contributed by atoms with Crippen LogP contribution in [0.5, 0.6) is 0 Å². The van der Waals surface area contributed by atoms with Crippen LogP contribution in [-0.4, -0.2) is 21.3 Å². The molecule has 4 nitrogen and oxygen atoms in total. The molecule has 17 heavy (non-hydrogen) atoms. The van der Waals surface area contributed by atoms with Gasteiger partial charge in [-0.2, -0.15) is 0 Å². The zero-order valence-electron chi connectivity index (χ0n) is 8.46. The summed E-state index contributed by atoms with van der Waals surface area (Å²) in [5, 5.41) is 16.3. The number of aromatic nitrogens is 2. The van der Waals surface area contributed by atoms with E-state index >= 15 is 0 Å². The van der Waals surface area contributed by atoms with Gasteiger partial charge in [0, 0.05) is 5.75 Å². The Labute approximate surface area is 105 Å². The van der Waals surface area contributed by atoms with E-state index in [-0.39, 0.29) is 5.56 Å². The average molecular weight is 270 g/mol. The number of carboxylic acids is 1. The van der Waals surface area contributed by atoms with Gasteiger partial charge in [-0.15, -0.1) is 10.2 Å². The quantitative estimate of drug-likeness (QED) is 0.865. The summed E-state index contributed by atoms with van der Waals surface area (Å²) in [6, 6.07) is 4.07. The Hall–Kier alpha value is -1.47. The molecule has 0 atom stereocenters. The first-order valence-corrected chi connectivity index (χ1v) is 6.44. The molecule has 0 aliphatic heterocycles. The minimum Gasteiger partial charge on any atom is -0.478 e. The first kappa shape index (κ1) is 12.0. The summed E-state index contributed by atoms with van der Waals surface area (Å²) in [5.41, 5.74) is 2.06. The second kappa shape index (κ2) is 5.24. The molecule has 7 heteroatoms. The number of carbonyl (C=O) groups is 1. The Kier molecular flexibility index (Phi) is 3.70. The lowest BCUT2D eigenvalue weighted by atomic mass is 10.1. The van der Waals surface area contributed by atoms with Gasteiger partial charge in [-0.3, -0.25) is 0 Å². The van der Waals surface area contributed by atoms with E-state index in [2.05, 4.69) is 10.2 Å². The molecule has 1 aromatic heterocycles. The van der Waals surface area contributed by atoms with Crippen molar-refractivity contribution in [1.82, 2.24) is 10.2 Å². The molecule has 1 N–H and O–H groups in total.